The van der Waals surface area contributed by atoms with E-state index in [9.17, 15) is 13.2 Å². The highest BCUT2D eigenvalue weighted by atomic mass is 35.5. The van der Waals surface area contributed by atoms with E-state index in [0.717, 1.165) is 6.07 Å². The molecule has 4 aromatic rings. The van der Waals surface area contributed by atoms with Crippen molar-refractivity contribution in [3.63, 3.8) is 0 Å². The van der Waals surface area contributed by atoms with Gasteiger partial charge in [-0.3, -0.25) is 0 Å². The highest BCUT2D eigenvalue weighted by Gasteiger charge is 2.36. The number of hydrogen-bond donors (Lipinski definition) is 0. The molecule has 2 aromatic carbocycles. The largest absolute Gasteiger partial charge is 0.496 e. The first kappa shape index (κ1) is 21.2. The van der Waals surface area contributed by atoms with E-state index in [1.54, 1.807) is 24.3 Å². The van der Waals surface area contributed by atoms with Crippen LogP contribution in [0, 0.1) is 0 Å². The number of rotatable bonds is 5. The minimum Gasteiger partial charge on any atom is -0.496 e. The second-order valence-electron chi connectivity index (χ2n) is 6.29. The third-order valence-corrected chi connectivity index (χ3v) is 4.75. The van der Waals surface area contributed by atoms with Gasteiger partial charge in [0.1, 0.15) is 11.4 Å². The lowest BCUT2D eigenvalue weighted by atomic mass is 10.0. The monoisotopic (exact) mass is 469 g/mol. The summed E-state index contributed by atoms with van der Waals surface area (Å²) in [5.74, 6) is 0.667. The molecule has 0 aliphatic heterocycles. The Morgan fingerprint density at radius 2 is 1.68 bits per heavy atom. The molecule has 0 atom stereocenters. The summed E-state index contributed by atoms with van der Waals surface area (Å²) in [6, 6.07) is 11.8. The lowest BCUT2D eigenvalue weighted by Crippen LogP contribution is -2.08. The molecule has 0 aliphatic carbocycles. The topological polar surface area (TPSA) is 74.2 Å². The van der Waals surface area contributed by atoms with Crippen LogP contribution in [0.1, 0.15) is 16.3 Å². The van der Waals surface area contributed by atoms with Crippen molar-refractivity contribution in [3.05, 3.63) is 60.0 Å². The second-order valence-corrected chi connectivity index (χ2v) is 7.39. The smallest absolute Gasteiger partial charge is 0.417 e. The molecular weight excluding hydrogens is 458 g/mol. The fourth-order valence-corrected chi connectivity index (χ4v) is 3.13. The molecule has 0 N–H and O–H groups in total. The zero-order valence-electron chi connectivity index (χ0n) is 15.7. The molecule has 0 amide bonds. The third kappa shape index (κ3) is 4.24. The van der Waals surface area contributed by atoms with Crippen LogP contribution in [0.25, 0.3) is 34.0 Å². The molecule has 2 heterocycles. The lowest BCUT2D eigenvalue weighted by Gasteiger charge is -2.14. The molecular formula is C20H12Cl2F3N3O3. The zero-order chi connectivity index (χ0) is 22.2. The summed E-state index contributed by atoms with van der Waals surface area (Å²) in [5.41, 5.74) is 0.146. The Labute approximate surface area is 183 Å². The van der Waals surface area contributed by atoms with Crippen LogP contribution in [0.4, 0.5) is 13.2 Å². The molecule has 0 unspecified atom stereocenters. The number of benzene rings is 2. The highest BCUT2D eigenvalue weighted by Crippen LogP contribution is 2.42. The molecule has 0 saturated heterocycles. The van der Waals surface area contributed by atoms with Gasteiger partial charge in [0.2, 0.25) is 5.82 Å². The van der Waals surface area contributed by atoms with E-state index in [4.69, 9.17) is 37.0 Å². The predicted octanol–water partition coefficient (Wildman–Crippen LogP) is 6.56. The fraction of sp³-hybridized carbons (Fsp3) is 0.150. The number of hydrogen-bond acceptors (Lipinski definition) is 6. The Balaban J connectivity index is 1.67. The van der Waals surface area contributed by atoms with Gasteiger partial charge in [-0.15, -0.1) is 0 Å². The minimum absolute atomic E-state index is 0.00179. The van der Waals surface area contributed by atoms with Crippen molar-refractivity contribution in [1.29, 1.82) is 0 Å². The Bertz CT molecular complexity index is 1200. The average Bonchev–Trinajstić information content (AvgIpc) is 3.43. The van der Waals surface area contributed by atoms with Crippen molar-refractivity contribution in [2.24, 2.45) is 0 Å². The molecule has 6 nitrogen and oxygen atoms in total. The van der Waals surface area contributed by atoms with Gasteiger partial charge in [-0.25, -0.2) is 0 Å². The number of alkyl halides is 5. The Kier molecular flexibility index (Phi) is 5.63. The maximum Gasteiger partial charge on any atom is 0.417 e. The molecule has 0 spiro atoms. The summed E-state index contributed by atoms with van der Waals surface area (Å²) < 4.78 is 55.8. The summed E-state index contributed by atoms with van der Waals surface area (Å²) in [5, 5.41) is 7.62. The van der Waals surface area contributed by atoms with Crippen LogP contribution < -0.4 is 4.74 Å². The van der Waals surface area contributed by atoms with Crippen LogP contribution in [0.3, 0.4) is 0 Å². The standard InChI is InChI=1S/C20H12Cl2F3N3O3/c1-29-14-4-2-3-12(20(23,24)25)16(14)13-9-15(30-27-13)10-5-7-11(8-6-10)18-26-19(17(21)22)31-28-18/h2-9,17H,1H3. The maximum atomic E-state index is 13.5. The number of aromatic nitrogens is 3. The van der Waals surface area contributed by atoms with Crippen molar-refractivity contribution >= 4 is 23.2 Å². The van der Waals surface area contributed by atoms with Gasteiger partial charge in [-0.1, -0.05) is 63.8 Å². The van der Waals surface area contributed by atoms with E-state index in [2.05, 4.69) is 15.3 Å². The molecule has 31 heavy (non-hydrogen) atoms. The Morgan fingerprint density at radius 1 is 0.968 bits per heavy atom. The number of nitrogens with zero attached hydrogens (tertiary/aromatic N) is 3. The van der Waals surface area contributed by atoms with Crippen LogP contribution in [-0.4, -0.2) is 22.4 Å². The van der Waals surface area contributed by atoms with Crippen molar-refractivity contribution < 1.29 is 27.0 Å². The van der Waals surface area contributed by atoms with Gasteiger partial charge < -0.3 is 13.8 Å². The van der Waals surface area contributed by atoms with Gasteiger partial charge in [0, 0.05) is 17.2 Å². The summed E-state index contributed by atoms with van der Waals surface area (Å²) in [4.78, 5) is 3.14. The van der Waals surface area contributed by atoms with Crippen molar-refractivity contribution in [2.75, 3.05) is 7.11 Å². The van der Waals surface area contributed by atoms with Gasteiger partial charge >= 0.3 is 6.18 Å². The van der Waals surface area contributed by atoms with Crippen LogP contribution in [-0.2, 0) is 6.18 Å². The summed E-state index contributed by atoms with van der Waals surface area (Å²) in [6.45, 7) is 0. The normalized spacial score (nSPS) is 11.8. The molecule has 0 bridgehead atoms. The fourth-order valence-electron chi connectivity index (χ4n) is 2.96. The van der Waals surface area contributed by atoms with Crippen molar-refractivity contribution in [1.82, 2.24) is 15.3 Å². The zero-order valence-corrected chi connectivity index (χ0v) is 17.2. The van der Waals surface area contributed by atoms with Crippen molar-refractivity contribution in [2.45, 2.75) is 11.0 Å². The first-order valence-corrected chi connectivity index (χ1v) is 9.59. The van der Waals surface area contributed by atoms with Crippen LogP contribution >= 0.6 is 23.2 Å². The van der Waals surface area contributed by atoms with Crippen LogP contribution in [0.5, 0.6) is 5.75 Å². The van der Waals surface area contributed by atoms with Crippen LogP contribution in [0.2, 0.25) is 0 Å². The van der Waals surface area contributed by atoms with Crippen LogP contribution in [0.15, 0.2) is 57.6 Å². The molecule has 0 aliphatic rings. The molecule has 11 heteroatoms. The van der Waals surface area contributed by atoms with Gasteiger partial charge in [-0.05, 0) is 12.1 Å². The van der Waals surface area contributed by atoms with Gasteiger partial charge in [-0.2, -0.15) is 18.2 Å². The molecule has 4 rings (SSSR count). The maximum absolute atomic E-state index is 13.5. The number of ether oxygens (including phenoxy) is 1. The first-order valence-electron chi connectivity index (χ1n) is 8.71. The quantitative estimate of drug-likeness (QED) is 0.308. The Hall–Kier alpha value is -3.04. The third-order valence-electron chi connectivity index (χ3n) is 4.37. The summed E-state index contributed by atoms with van der Waals surface area (Å²) in [6.07, 6.45) is -4.58. The van der Waals surface area contributed by atoms with E-state index in [0.29, 0.717) is 11.1 Å². The van der Waals surface area contributed by atoms with Gasteiger partial charge in [0.05, 0.1) is 18.2 Å². The molecule has 160 valence electrons. The van der Waals surface area contributed by atoms with E-state index in [1.807, 2.05) is 0 Å². The lowest BCUT2D eigenvalue weighted by molar-refractivity contribution is -0.137. The second kappa shape index (κ2) is 8.24. The van der Waals surface area contributed by atoms with Gasteiger partial charge in [0.25, 0.3) is 5.89 Å². The summed E-state index contributed by atoms with van der Waals surface area (Å²) >= 11 is 11.4. The SMILES string of the molecule is COc1cccc(C(F)(F)F)c1-c1cc(-c2ccc(-c3noc(C(Cl)Cl)n3)cc2)on1. The predicted molar refractivity (Wildman–Crippen MR) is 107 cm³/mol. The number of halogens is 5. The molecule has 0 radical (unpaired) electrons. The van der Waals surface area contributed by atoms with Gasteiger partial charge in [0.15, 0.2) is 10.6 Å². The Morgan fingerprint density at radius 3 is 2.29 bits per heavy atom. The first-order chi connectivity index (χ1) is 14.8. The average molecular weight is 470 g/mol. The van der Waals surface area contributed by atoms with E-state index < -0.39 is 16.6 Å². The highest BCUT2D eigenvalue weighted by molar-refractivity contribution is 6.43. The van der Waals surface area contributed by atoms with E-state index in [1.165, 1.54) is 25.3 Å². The van der Waals surface area contributed by atoms with Crippen molar-refractivity contribution in [3.8, 4) is 39.7 Å². The molecule has 0 saturated carbocycles. The molecule has 0 fully saturated rings. The van der Waals surface area contributed by atoms with E-state index in [-0.39, 0.29) is 34.5 Å². The minimum atomic E-state index is -4.58. The number of methoxy groups -OCH3 is 1. The molecule has 2 aromatic heterocycles. The summed E-state index contributed by atoms with van der Waals surface area (Å²) in [7, 11) is 1.29. The van der Waals surface area contributed by atoms with E-state index >= 15 is 0 Å².